The van der Waals surface area contributed by atoms with Gasteiger partial charge in [0.15, 0.2) is 0 Å². The van der Waals surface area contributed by atoms with Crippen molar-refractivity contribution in [3.8, 4) is 0 Å². The van der Waals surface area contributed by atoms with E-state index in [2.05, 4.69) is 43.5 Å². The average molecular weight is 1200 g/mol. The molecule has 0 saturated heterocycles. The smallest absolute Gasteiger partial charge is 0.305 e. The molecular weight excluding hydrogens is 1040 g/mol. The van der Waals surface area contributed by atoms with Crippen LogP contribution >= 0.6 is 0 Å². The van der Waals surface area contributed by atoms with Gasteiger partial charge in [-0.15, -0.1) is 0 Å². The van der Waals surface area contributed by atoms with Crippen molar-refractivity contribution in [2.75, 3.05) is 13.2 Å². The molecule has 0 aromatic rings. The molecule has 85 heavy (non-hydrogen) atoms. The normalized spacial score (nSPS) is 12.6. The summed E-state index contributed by atoms with van der Waals surface area (Å²) >= 11 is 0. The van der Waals surface area contributed by atoms with Crippen LogP contribution in [0.1, 0.15) is 444 Å². The second-order valence-electron chi connectivity index (χ2n) is 27.0. The van der Waals surface area contributed by atoms with Crippen molar-refractivity contribution in [3.63, 3.8) is 0 Å². The lowest BCUT2D eigenvalue weighted by Gasteiger charge is -2.22. The second-order valence-corrected chi connectivity index (χ2v) is 27.0. The highest BCUT2D eigenvalue weighted by atomic mass is 16.5. The zero-order valence-corrected chi connectivity index (χ0v) is 57.9. The third-order valence-corrected chi connectivity index (χ3v) is 18.5. The maximum Gasteiger partial charge on any atom is 0.305 e. The number of unbranched alkanes of at least 4 members (excludes halogenated alkanes) is 59. The molecule has 0 spiro atoms. The summed E-state index contributed by atoms with van der Waals surface area (Å²) in [5, 5.41) is 23.4. The number of aliphatic hydroxyl groups excluding tert-OH is 2. The molecule has 0 aromatic heterocycles. The Labute approximate surface area is 532 Å². The van der Waals surface area contributed by atoms with Crippen molar-refractivity contribution < 1.29 is 24.5 Å². The monoisotopic (exact) mass is 1200 g/mol. The number of esters is 1. The van der Waals surface area contributed by atoms with Crippen LogP contribution in [0.5, 0.6) is 0 Å². The van der Waals surface area contributed by atoms with Gasteiger partial charge in [0.05, 0.1) is 25.4 Å². The van der Waals surface area contributed by atoms with Crippen LogP contribution in [0, 0.1) is 0 Å². The van der Waals surface area contributed by atoms with Gasteiger partial charge in [0, 0.05) is 12.8 Å². The van der Waals surface area contributed by atoms with Crippen LogP contribution in [0.25, 0.3) is 0 Å². The van der Waals surface area contributed by atoms with E-state index in [0.29, 0.717) is 25.9 Å². The van der Waals surface area contributed by atoms with Gasteiger partial charge >= 0.3 is 5.97 Å². The molecular formula is C79H153NO5. The van der Waals surface area contributed by atoms with Crippen LogP contribution in [0.3, 0.4) is 0 Å². The highest BCUT2D eigenvalue weighted by molar-refractivity contribution is 5.76. The van der Waals surface area contributed by atoms with Gasteiger partial charge in [-0.1, -0.05) is 398 Å². The lowest BCUT2D eigenvalue weighted by atomic mass is 10.0. The van der Waals surface area contributed by atoms with E-state index in [1.54, 1.807) is 0 Å². The molecule has 2 unspecified atom stereocenters. The molecule has 6 nitrogen and oxygen atoms in total. The highest BCUT2D eigenvalue weighted by Crippen LogP contribution is 2.20. The third-order valence-electron chi connectivity index (χ3n) is 18.5. The SMILES string of the molecule is CCCCCCCCCCCCCCCCCCCCC(O)C(CO)NC(=O)CCCCCCCCCCCCCCCCCCC/C=C\C/C=C\CCCCCCCCCCCOC(=O)CCCCCCCCCCCCCCCCCCC. The van der Waals surface area contributed by atoms with Gasteiger partial charge < -0.3 is 20.3 Å². The lowest BCUT2D eigenvalue weighted by Crippen LogP contribution is -2.45. The maximum atomic E-state index is 12.5. The van der Waals surface area contributed by atoms with Crippen molar-refractivity contribution >= 4 is 11.9 Å². The Morgan fingerprint density at radius 3 is 0.894 bits per heavy atom. The quantitative estimate of drug-likeness (QED) is 0.0320. The fraction of sp³-hybridized carbons (Fsp3) is 0.924. The predicted octanol–water partition coefficient (Wildman–Crippen LogP) is 25.7. The number of hydrogen-bond donors (Lipinski definition) is 3. The Kier molecular flexibility index (Phi) is 73.3. The van der Waals surface area contributed by atoms with Gasteiger partial charge in [-0.2, -0.15) is 0 Å². The fourth-order valence-corrected chi connectivity index (χ4v) is 12.6. The molecule has 0 aliphatic carbocycles. The summed E-state index contributed by atoms with van der Waals surface area (Å²) in [7, 11) is 0. The first-order chi connectivity index (χ1) is 42.0. The number of aliphatic hydroxyl groups is 2. The molecule has 504 valence electrons. The first kappa shape index (κ1) is 83.3. The largest absolute Gasteiger partial charge is 0.466 e. The van der Waals surface area contributed by atoms with E-state index in [-0.39, 0.29) is 18.5 Å². The van der Waals surface area contributed by atoms with Gasteiger partial charge in [-0.3, -0.25) is 9.59 Å². The van der Waals surface area contributed by atoms with E-state index in [0.717, 1.165) is 44.9 Å². The minimum absolute atomic E-state index is 0.0192. The highest BCUT2D eigenvalue weighted by Gasteiger charge is 2.20. The van der Waals surface area contributed by atoms with Crippen molar-refractivity contribution in [2.24, 2.45) is 0 Å². The number of carbonyl (C=O) groups is 2. The van der Waals surface area contributed by atoms with Crippen LogP contribution < -0.4 is 5.32 Å². The molecule has 0 aliphatic heterocycles. The molecule has 0 radical (unpaired) electrons. The fourth-order valence-electron chi connectivity index (χ4n) is 12.6. The number of carbonyl (C=O) groups excluding carboxylic acids is 2. The summed E-state index contributed by atoms with van der Waals surface area (Å²) in [6.07, 6.45) is 95.5. The van der Waals surface area contributed by atoms with Crippen LogP contribution in [0.4, 0.5) is 0 Å². The zero-order valence-electron chi connectivity index (χ0n) is 57.9. The molecule has 0 fully saturated rings. The molecule has 0 rings (SSSR count). The maximum absolute atomic E-state index is 12.5. The van der Waals surface area contributed by atoms with Crippen molar-refractivity contribution in [1.29, 1.82) is 0 Å². The van der Waals surface area contributed by atoms with E-state index < -0.39 is 12.1 Å². The Balaban J connectivity index is 3.36. The van der Waals surface area contributed by atoms with E-state index in [4.69, 9.17) is 4.74 Å². The van der Waals surface area contributed by atoms with Crippen LogP contribution in [-0.4, -0.2) is 47.4 Å². The third kappa shape index (κ3) is 71.3. The summed E-state index contributed by atoms with van der Waals surface area (Å²) in [6.45, 7) is 5.00. The van der Waals surface area contributed by atoms with Crippen LogP contribution in [-0.2, 0) is 14.3 Å². The van der Waals surface area contributed by atoms with E-state index in [1.807, 2.05) is 0 Å². The topological polar surface area (TPSA) is 95.9 Å². The molecule has 0 aliphatic rings. The van der Waals surface area contributed by atoms with Gasteiger partial charge in [-0.05, 0) is 57.8 Å². The van der Waals surface area contributed by atoms with E-state index in [9.17, 15) is 19.8 Å². The molecule has 0 bridgehead atoms. The summed E-state index contributed by atoms with van der Waals surface area (Å²) in [6, 6.07) is -0.540. The number of ether oxygens (including phenoxy) is 1. The number of nitrogens with one attached hydrogen (secondary N) is 1. The van der Waals surface area contributed by atoms with Crippen molar-refractivity contribution in [2.45, 2.75) is 456 Å². The van der Waals surface area contributed by atoms with Gasteiger partial charge in [-0.25, -0.2) is 0 Å². The predicted molar refractivity (Wildman–Crippen MR) is 375 cm³/mol. The Morgan fingerprint density at radius 2 is 0.588 bits per heavy atom. The summed E-state index contributed by atoms with van der Waals surface area (Å²) in [4.78, 5) is 24.7. The van der Waals surface area contributed by atoms with Gasteiger partial charge in [0.25, 0.3) is 0 Å². The average Bonchev–Trinajstić information content (AvgIpc) is 3.51. The Morgan fingerprint density at radius 1 is 0.329 bits per heavy atom. The van der Waals surface area contributed by atoms with Gasteiger partial charge in [0.1, 0.15) is 0 Å². The summed E-state index contributed by atoms with van der Waals surface area (Å²) < 4.78 is 5.51. The minimum atomic E-state index is -0.663. The molecule has 0 aromatic carbocycles. The number of rotatable bonds is 74. The Bertz CT molecular complexity index is 1330. The lowest BCUT2D eigenvalue weighted by molar-refractivity contribution is -0.143. The Hall–Kier alpha value is -1.66. The molecule has 0 saturated carbocycles. The number of hydrogen-bond acceptors (Lipinski definition) is 5. The molecule has 3 N–H and O–H groups in total. The van der Waals surface area contributed by atoms with Crippen molar-refractivity contribution in [1.82, 2.24) is 5.32 Å². The number of amides is 1. The first-order valence-corrected chi connectivity index (χ1v) is 39.1. The standard InChI is InChI=1S/C79H153NO5/c1-3-5-7-9-11-13-15-17-19-21-40-43-47-51-55-59-63-67-71-77(82)76(75-81)80-78(83)72-68-64-60-56-52-48-44-41-37-35-33-31-29-27-25-23-22-24-26-28-30-32-34-36-38-42-46-50-54-58-62-66-70-74-85-79(84)73-69-65-61-57-53-49-45-39-20-18-16-14-12-10-8-6-4-2/h26,28,32,34,76-77,81-82H,3-25,27,29-31,33,35-75H2,1-2H3,(H,80,83)/b28-26-,34-32-. The summed E-state index contributed by atoms with van der Waals surface area (Å²) in [5.74, 6) is -0.00949. The summed E-state index contributed by atoms with van der Waals surface area (Å²) in [5.41, 5.74) is 0. The molecule has 2 atom stereocenters. The molecule has 1 amide bonds. The van der Waals surface area contributed by atoms with Crippen LogP contribution in [0.15, 0.2) is 24.3 Å². The molecule has 6 heteroatoms. The second kappa shape index (κ2) is 74.8. The molecule has 0 heterocycles. The van der Waals surface area contributed by atoms with E-state index >= 15 is 0 Å². The van der Waals surface area contributed by atoms with Crippen molar-refractivity contribution in [3.05, 3.63) is 24.3 Å². The zero-order chi connectivity index (χ0) is 61.3. The van der Waals surface area contributed by atoms with Crippen LogP contribution in [0.2, 0.25) is 0 Å². The van der Waals surface area contributed by atoms with E-state index in [1.165, 1.54) is 366 Å². The first-order valence-electron chi connectivity index (χ1n) is 39.1. The van der Waals surface area contributed by atoms with Gasteiger partial charge in [0.2, 0.25) is 5.91 Å². The minimum Gasteiger partial charge on any atom is -0.466 e. The number of allylic oxidation sites excluding steroid dienone is 4.